The average molecular weight is 299 g/mol. The van der Waals surface area contributed by atoms with Gasteiger partial charge >= 0.3 is 0 Å². The molecule has 2 unspecified atom stereocenters. The molecular weight excluding hydrogens is 274 g/mol. The lowest BCUT2D eigenvalue weighted by Crippen LogP contribution is -2.34. The monoisotopic (exact) mass is 299 g/mol. The van der Waals surface area contributed by atoms with Crippen molar-refractivity contribution in [1.29, 1.82) is 0 Å². The van der Waals surface area contributed by atoms with E-state index in [9.17, 15) is 16.8 Å². The van der Waals surface area contributed by atoms with Gasteiger partial charge in [-0.3, -0.25) is 0 Å². The second-order valence-electron chi connectivity index (χ2n) is 4.90. The Balaban J connectivity index is 4.34. The molecule has 0 heterocycles. The molecule has 18 heavy (non-hydrogen) atoms. The molecule has 7 heteroatoms. The highest BCUT2D eigenvalue weighted by atomic mass is 32.2. The largest absolute Gasteiger partial charge is 0.314 e. The van der Waals surface area contributed by atoms with Gasteiger partial charge in [-0.25, -0.2) is 16.8 Å². The number of rotatable bonds is 9. The number of nitrogens with one attached hydrogen (secondary N) is 1. The van der Waals surface area contributed by atoms with E-state index in [-0.39, 0.29) is 17.5 Å². The fourth-order valence-corrected chi connectivity index (χ4v) is 4.71. The van der Waals surface area contributed by atoms with Gasteiger partial charge in [-0.05, 0) is 33.2 Å². The van der Waals surface area contributed by atoms with E-state index < -0.39 is 24.9 Å². The van der Waals surface area contributed by atoms with Crippen LogP contribution in [-0.4, -0.2) is 52.4 Å². The van der Waals surface area contributed by atoms with Crippen molar-refractivity contribution in [2.24, 2.45) is 0 Å². The number of sulfone groups is 2. The normalized spacial score (nSPS) is 16.4. The summed E-state index contributed by atoms with van der Waals surface area (Å²) in [7, 11) is -6.56. The van der Waals surface area contributed by atoms with Gasteiger partial charge < -0.3 is 5.32 Å². The van der Waals surface area contributed by atoms with E-state index in [2.05, 4.69) is 5.32 Å². The molecule has 0 fully saturated rings. The van der Waals surface area contributed by atoms with Gasteiger partial charge in [0.1, 0.15) is 9.84 Å². The molecule has 0 rings (SSSR count). The topological polar surface area (TPSA) is 80.3 Å². The molecule has 0 radical (unpaired) electrons. The summed E-state index contributed by atoms with van der Waals surface area (Å²) in [6, 6.07) is 0.118. The first kappa shape index (κ1) is 17.9. The third-order valence-corrected chi connectivity index (χ3v) is 6.18. The Morgan fingerprint density at radius 1 is 1.06 bits per heavy atom. The van der Waals surface area contributed by atoms with E-state index in [0.717, 1.165) is 19.2 Å². The van der Waals surface area contributed by atoms with Gasteiger partial charge in [0.15, 0.2) is 9.84 Å². The molecule has 0 spiro atoms. The Morgan fingerprint density at radius 2 is 1.61 bits per heavy atom. The van der Waals surface area contributed by atoms with E-state index in [0.29, 0.717) is 6.42 Å². The molecule has 0 aromatic heterocycles. The van der Waals surface area contributed by atoms with E-state index in [1.165, 1.54) is 0 Å². The van der Waals surface area contributed by atoms with Crippen LogP contribution in [0, 0.1) is 0 Å². The van der Waals surface area contributed by atoms with Crippen LogP contribution in [0.15, 0.2) is 0 Å². The Kier molecular flexibility index (Phi) is 7.39. The second kappa shape index (κ2) is 7.45. The van der Waals surface area contributed by atoms with Crippen molar-refractivity contribution >= 4 is 19.7 Å². The van der Waals surface area contributed by atoms with Crippen molar-refractivity contribution in [3.05, 3.63) is 0 Å². The highest BCUT2D eigenvalue weighted by molar-refractivity contribution is 7.95. The molecule has 0 aromatic rings. The van der Waals surface area contributed by atoms with Crippen molar-refractivity contribution in [3.8, 4) is 0 Å². The summed E-state index contributed by atoms with van der Waals surface area (Å²) < 4.78 is 45.8. The van der Waals surface area contributed by atoms with E-state index in [1.807, 2.05) is 13.8 Å². The Hall–Kier alpha value is -0.140. The van der Waals surface area contributed by atoms with Crippen LogP contribution < -0.4 is 5.32 Å². The van der Waals surface area contributed by atoms with Crippen LogP contribution >= 0.6 is 0 Å². The van der Waals surface area contributed by atoms with Crippen LogP contribution in [0.5, 0.6) is 0 Å². The SMILES string of the molecule is CCCNC(C)CC(C)S(=O)(=O)CCS(C)(=O)=O. The van der Waals surface area contributed by atoms with Gasteiger partial charge in [0.25, 0.3) is 0 Å². The first-order valence-electron chi connectivity index (χ1n) is 6.21. The quantitative estimate of drug-likeness (QED) is 0.675. The third kappa shape index (κ3) is 8.05. The molecule has 110 valence electrons. The maximum Gasteiger partial charge on any atom is 0.153 e. The van der Waals surface area contributed by atoms with Gasteiger partial charge in [0.05, 0.1) is 16.8 Å². The van der Waals surface area contributed by atoms with Crippen molar-refractivity contribution in [1.82, 2.24) is 5.32 Å². The highest BCUT2D eigenvalue weighted by Crippen LogP contribution is 2.10. The van der Waals surface area contributed by atoms with Gasteiger partial charge in [-0.1, -0.05) is 6.92 Å². The molecule has 0 aliphatic rings. The predicted molar refractivity (Wildman–Crippen MR) is 75.3 cm³/mol. The minimum atomic E-state index is -3.33. The van der Waals surface area contributed by atoms with Crippen LogP contribution in [0.1, 0.15) is 33.6 Å². The summed E-state index contributed by atoms with van der Waals surface area (Å²) >= 11 is 0. The Labute approximate surface area is 111 Å². The lowest BCUT2D eigenvalue weighted by atomic mass is 10.2. The molecule has 5 nitrogen and oxygen atoms in total. The minimum Gasteiger partial charge on any atom is -0.314 e. The first-order chi connectivity index (χ1) is 8.08. The summed E-state index contributed by atoms with van der Waals surface area (Å²) in [6.45, 7) is 6.49. The van der Waals surface area contributed by atoms with Crippen LogP contribution in [0.3, 0.4) is 0 Å². The highest BCUT2D eigenvalue weighted by Gasteiger charge is 2.24. The van der Waals surface area contributed by atoms with E-state index >= 15 is 0 Å². The third-order valence-electron chi connectivity index (χ3n) is 2.78. The predicted octanol–water partition coefficient (Wildman–Crippen LogP) is 0.613. The van der Waals surface area contributed by atoms with Crippen LogP contribution in [0.25, 0.3) is 0 Å². The summed E-state index contributed by atoms with van der Waals surface area (Å²) in [4.78, 5) is 0. The lowest BCUT2D eigenvalue weighted by molar-refractivity contribution is 0.497. The smallest absolute Gasteiger partial charge is 0.153 e. The maximum atomic E-state index is 11.9. The van der Waals surface area contributed by atoms with Gasteiger partial charge in [0, 0.05) is 12.3 Å². The summed E-state index contributed by atoms with van der Waals surface area (Å²) in [5.74, 6) is -0.579. The molecule has 1 N–H and O–H groups in total. The zero-order chi connectivity index (χ0) is 14.4. The van der Waals surface area contributed by atoms with Crippen LogP contribution in [-0.2, 0) is 19.7 Å². The Bertz CT molecular complexity index is 428. The lowest BCUT2D eigenvalue weighted by Gasteiger charge is -2.18. The van der Waals surface area contributed by atoms with Crippen molar-refractivity contribution in [3.63, 3.8) is 0 Å². The molecular formula is C11H25NO4S2. The number of hydrogen-bond acceptors (Lipinski definition) is 5. The average Bonchev–Trinajstić information content (AvgIpc) is 2.22. The fraction of sp³-hybridized carbons (Fsp3) is 1.00. The van der Waals surface area contributed by atoms with E-state index in [1.54, 1.807) is 6.92 Å². The molecule has 0 saturated heterocycles. The van der Waals surface area contributed by atoms with Crippen LogP contribution in [0.4, 0.5) is 0 Å². The van der Waals surface area contributed by atoms with Gasteiger partial charge in [-0.2, -0.15) is 0 Å². The summed E-state index contributed by atoms with van der Waals surface area (Å²) in [5.41, 5.74) is 0. The van der Waals surface area contributed by atoms with Crippen molar-refractivity contribution < 1.29 is 16.8 Å². The zero-order valence-corrected chi connectivity index (χ0v) is 13.3. The second-order valence-corrected chi connectivity index (χ2v) is 9.70. The van der Waals surface area contributed by atoms with Gasteiger partial charge in [-0.15, -0.1) is 0 Å². The molecule has 0 aliphatic heterocycles. The van der Waals surface area contributed by atoms with E-state index in [4.69, 9.17) is 0 Å². The standard InChI is InChI=1S/C11H25NO4S2/c1-5-6-12-10(2)9-11(3)18(15,16)8-7-17(4,13)14/h10-12H,5-9H2,1-4H3. The molecule has 2 atom stereocenters. The Morgan fingerprint density at radius 3 is 2.06 bits per heavy atom. The molecule has 0 bridgehead atoms. The van der Waals surface area contributed by atoms with Crippen molar-refractivity contribution in [2.45, 2.75) is 44.9 Å². The summed E-state index contributed by atoms with van der Waals surface area (Å²) in [6.07, 6.45) is 2.56. The minimum absolute atomic E-state index is 0.118. The molecule has 0 amide bonds. The number of hydrogen-bond donors (Lipinski definition) is 1. The van der Waals surface area contributed by atoms with Crippen molar-refractivity contribution in [2.75, 3.05) is 24.3 Å². The maximum absolute atomic E-state index is 11.9. The fourth-order valence-electron chi connectivity index (χ4n) is 1.59. The molecule has 0 saturated carbocycles. The zero-order valence-electron chi connectivity index (χ0n) is 11.6. The molecule has 0 aromatic carbocycles. The first-order valence-corrected chi connectivity index (χ1v) is 9.98. The van der Waals surface area contributed by atoms with Crippen LogP contribution in [0.2, 0.25) is 0 Å². The summed E-state index contributed by atoms with van der Waals surface area (Å²) in [5, 5.41) is 2.71. The van der Waals surface area contributed by atoms with Gasteiger partial charge in [0.2, 0.25) is 0 Å². The molecule has 0 aliphatic carbocycles.